The van der Waals surface area contributed by atoms with E-state index in [9.17, 15) is 18.9 Å². The van der Waals surface area contributed by atoms with Crippen molar-refractivity contribution < 1.29 is 18.8 Å². The van der Waals surface area contributed by atoms with E-state index in [0.29, 0.717) is 12.5 Å². The Kier molecular flexibility index (Phi) is 5.97. The van der Waals surface area contributed by atoms with Crippen LogP contribution in [-0.2, 0) is 6.54 Å². The molecule has 1 unspecified atom stereocenters. The third kappa shape index (κ3) is 4.21. The molecule has 2 N–H and O–H groups in total. The summed E-state index contributed by atoms with van der Waals surface area (Å²) in [6, 6.07) is 1.36. The number of nitrogens with one attached hydrogen (secondary N) is 1. The maximum absolute atomic E-state index is 13.6. The van der Waals surface area contributed by atoms with Crippen molar-refractivity contribution in [3.8, 4) is 0 Å². The summed E-state index contributed by atoms with van der Waals surface area (Å²) in [6.07, 6.45) is 0.489. The number of halogens is 2. The highest BCUT2D eigenvalue weighted by atomic mass is 19.1. The lowest BCUT2D eigenvalue weighted by molar-refractivity contribution is -0.387. The molecule has 0 bridgehead atoms. The van der Waals surface area contributed by atoms with Crippen LogP contribution in [0, 0.1) is 27.7 Å². The molecule has 0 fully saturated rings. The van der Waals surface area contributed by atoms with Crippen molar-refractivity contribution in [2.75, 3.05) is 6.61 Å². The highest BCUT2D eigenvalue weighted by Gasteiger charge is 2.19. The van der Waals surface area contributed by atoms with Crippen LogP contribution in [0.5, 0.6) is 0 Å². The summed E-state index contributed by atoms with van der Waals surface area (Å²) in [5.74, 6) is -1.81. The van der Waals surface area contributed by atoms with Crippen molar-refractivity contribution in [1.82, 2.24) is 5.32 Å². The quantitative estimate of drug-likeness (QED) is 0.596. The highest BCUT2D eigenvalue weighted by molar-refractivity contribution is 5.37. The van der Waals surface area contributed by atoms with E-state index in [0.717, 1.165) is 6.07 Å². The van der Waals surface area contributed by atoms with Gasteiger partial charge in [0.05, 0.1) is 4.92 Å². The smallest absolute Gasteiger partial charge is 0.305 e. The molecule has 0 spiro atoms. The largest absolute Gasteiger partial charge is 0.396 e. The summed E-state index contributed by atoms with van der Waals surface area (Å²) in [5, 5.41) is 22.6. The number of aliphatic hydroxyl groups excluding tert-OH is 1. The predicted octanol–water partition coefficient (Wildman–Crippen LogP) is 2.37. The van der Waals surface area contributed by atoms with Crippen LogP contribution < -0.4 is 5.32 Å². The van der Waals surface area contributed by atoms with E-state index in [1.54, 1.807) is 0 Å². The molecular formula is C13H18F2N2O3. The van der Waals surface area contributed by atoms with Crippen molar-refractivity contribution in [3.05, 3.63) is 39.4 Å². The molecule has 1 rings (SSSR count). The first-order valence-corrected chi connectivity index (χ1v) is 6.33. The first kappa shape index (κ1) is 16.5. The Balaban J connectivity index is 2.86. The summed E-state index contributed by atoms with van der Waals surface area (Å²) >= 11 is 0. The van der Waals surface area contributed by atoms with Gasteiger partial charge in [-0.25, -0.2) is 4.39 Å². The number of nitro groups is 1. The lowest BCUT2D eigenvalue weighted by atomic mass is 10.0. The number of hydrogen-bond donors (Lipinski definition) is 2. The Labute approximate surface area is 115 Å². The van der Waals surface area contributed by atoms with Gasteiger partial charge in [0.25, 0.3) is 0 Å². The molecule has 1 atom stereocenters. The molecule has 0 aliphatic carbocycles. The van der Waals surface area contributed by atoms with Crippen LogP contribution in [0.15, 0.2) is 12.1 Å². The molecule has 0 aliphatic heterocycles. The number of rotatable bonds is 7. The van der Waals surface area contributed by atoms with Crippen molar-refractivity contribution >= 4 is 5.69 Å². The molecule has 20 heavy (non-hydrogen) atoms. The lowest BCUT2D eigenvalue weighted by Gasteiger charge is -2.21. The molecule has 1 aromatic rings. The second kappa shape index (κ2) is 7.25. The minimum absolute atomic E-state index is 0.0120. The third-order valence-electron chi connectivity index (χ3n) is 3.11. The Hall–Kier alpha value is -1.60. The fraction of sp³-hybridized carbons (Fsp3) is 0.538. The molecule has 0 aliphatic rings. The van der Waals surface area contributed by atoms with E-state index in [1.807, 2.05) is 13.8 Å². The highest BCUT2D eigenvalue weighted by Crippen LogP contribution is 2.21. The molecular weight excluding hydrogens is 270 g/mol. The van der Waals surface area contributed by atoms with Gasteiger partial charge in [-0.05, 0) is 12.3 Å². The van der Waals surface area contributed by atoms with E-state index >= 15 is 0 Å². The van der Waals surface area contributed by atoms with Crippen LogP contribution >= 0.6 is 0 Å². The summed E-state index contributed by atoms with van der Waals surface area (Å²) in [5.41, 5.74) is -0.715. The van der Waals surface area contributed by atoms with Crippen LogP contribution in [0.3, 0.4) is 0 Å². The van der Waals surface area contributed by atoms with Crippen LogP contribution in [0.25, 0.3) is 0 Å². The monoisotopic (exact) mass is 288 g/mol. The van der Waals surface area contributed by atoms with E-state index in [4.69, 9.17) is 5.11 Å². The van der Waals surface area contributed by atoms with Crippen molar-refractivity contribution in [3.63, 3.8) is 0 Å². The molecule has 0 saturated carbocycles. The second-order valence-electron chi connectivity index (χ2n) is 4.90. The van der Waals surface area contributed by atoms with Gasteiger partial charge >= 0.3 is 5.69 Å². The predicted molar refractivity (Wildman–Crippen MR) is 70.2 cm³/mol. The maximum Gasteiger partial charge on any atom is 0.305 e. The fourth-order valence-corrected chi connectivity index (χ4v) is 1.91. The number of hydrogen-bond acceptors (Lipinski definition) is 4. The lowest BCUT2D eigenvalue weighted by Crippen LogP contribution is -2.34. The van der Waals surface area contributed by atoms with E-state index in [2.05, 4.69) is 5.32 Å². The Morgan fingerprint density at radius 3 is 2.50 bits per heavy atom. The van der Waals surface area contributed by atoms with E-state index in [1.165, 1.54) is 0 Å². The van der Waals surface area contributed by atoms with Gasteiger partial charge in [0.2, 0.25) is 5.82 Å². The molecule has 0 saturated heterocycles. The zero-order valence-corrected chi connectivity index (χ0v) is 11.4. The average molecular weight is 288 g/mol. The minimum Gasteiger partial charge on any atom is -0.396 e. The molecule has 1 aromatic carbocycles. The first-order chi connectivity index (χ1) is 9.36. The summed E-state index contributed by atoms with van der Waals surface area (Å²) in [4.78, 5) is 9.74. The van der Waals surface area contributed by atoms with Gasteiger partial charge < -0.3 is 10.4 Å². The molecule has 0 heterocycles. The zero-order chi connectivity index (χ0) is 15.3. The maximum atomic E-state index is 13.6. The van der Waals surface area contributed by atoms with Crippen molar-refractivity contribution in [2.45, 2.75) is 32.9 Å². The molecule has 112 valence electrons. The van der Waals surface area contributed by atoms with Crippen LogP contribution in [0.2, 0.25) is 0 Å². The van der Waals surface area contributed by atoms with Gasteiger partial charge in [-0.1, -0.05) is 13.8 Å². The van der Waals surface area contributed by atoms with Gasteiger partial charge in [0, 0.05) is 36.9 Å². The second-order valence-corrected chi connectivity index (χ2v) is 4.90. The van der Waals surface area contributed by atoms with Gasteiger partial charge in [-0.15, -0.1) is 0 Å². The molecule has 0 amide bonds. The van der Waals surface area contributed by atoms with Gasteiger partial charge in [-0.2, -0.15) is 4.39 Å². The van der Waals surface area contributed by atoms with E-state index < -0.39 is 22.2 Å². The standard InChI is InChI=1S/C13H18F2N2O3/c1-8(2)12(3-4-18)16-7-9-5-13(17(19)20)11(15)6-10(9)14/h5-6,8,12,16,18H,3-4,7H2,1-2H3. The topological polar surface area (TPSA) is 75.4 Å². The zero-order valence-electron chi connectivity index (χ0n) is 11.4. The van der Waals surface area contributed by atoms with Crippen LogP contribution in [0.1, 0.15) is 25.8 Å². The number of benzene rings is 1. The number of aliphatic hydroxyl groups is 1. The normalized spacial score (nSPS) is 12.7. The summed E-state index contributed by atoms with van der Waals surface area (Å²) in [6.45, 7) is 3.91. The molecule has 7 heteroatoms. The van der Waals surface area contributed by atoms with Gasteiger partial charge in [0.1, 0.15) is 5.82 Å². The van der Waals surface area contributed by atoms with Crippen LogP contribution in [0.4, 0.5) is 14.5 Å². The van der Waals surface area contributed by atoms with Crippen molar-refractivity contribution in [1.29, 1.82) is 0 Å². The first-order valence-electron chi connectivity index (χ1n) is 6.33. The van der Waals surface area contributed by atoms with Crippen molar-refractivity contribution in [2.24, 2.45) is 5.92 Å². The summed E-state index contributed by atoms with van der Waals surface area (Å²) < 4.78 is 26.8. The molecule has 0 aromatic heterocycles. The Morgan fingerprint density at radius 2 is 2.00 bits per heavy atom. The Bertz CT molecular complexity index is 481. The average Bonchev–Trinajstić information content (AvgIpc) is 2.35. The summed E-state index contributed by atoms with van der Waals surface area (Å²) in [7, 11) is 0. The SMILES string of the molecule is CC(C)C(CCO)NCc1cc([N+](=O)[O-])c(F)cc1F. The minimum atomic E-state index is -1.19. The van der Waals surface area contributed by atoms with Gasteiger partial charge in [0.15, 0.2) is 0 Å². The van der Waals surface area contributed by atoms with E-state index in [-0.39, 0.29) is 30.7 Å². The number of nitro benzene ring substituents is 1. The Morgan fingerprint density at radius 1 is 1.35 bits per heavy atom. The fourth-order valence-electron chi connectivity index (χ4n) is 1.91. The van der Waals surface area contributed by atoms with Gasteiger partial charge in [-0.3, -0.25) is 10.1 Å². The molecule has 5 nitrogen and oxygen atoms in total. The van der Waals surface area contributed by atoms with Crippen LogP contribution in [-0.4, -0.2) is 22.7 Å². The molecule has 0 radical (unpaired) electrons. The number of nitrogens with zero attached hydrogens (tertiary/aromatic N) is 1. The third-order valence-corrected chi connectivity index (χ3v) is 3.11.